The van der Waals surface area contributed by atoms with Crippen molar-refractivity contribution in [2.45, 2.75) is 18.7 Å². The summed E-state index contributed by atoms with van der Waals surface area (Å²) >= 11 is 6.18. The quantitative estimate of drug-likeness (QED) is 0.881. The molecular weight excluding hydrogens is 364 g/mol. The van der Waals surface area contributed by atoms with Crippen LogP contribution in [0.1, 0.15) is 22.8 Å². The average molecular weight is 381 g/mol. The summed E-state index contributed by atoms with van der Waals surface area (Å²) in [6.45, 7) is 3.89. The highest BCUT2D eigenvalue weighted by atomic mass is 35.5. The first kappa shape index (κ1) is 17.7. The van der Waals surface area contributed by atoms with Gasteiger partial charge in [-0.3, -0.25) is 4.79 Å². The standard InChI is InChI=1S/C17H17ClN2O4S/c1-4-20(3)25(22,23)16-8-11-15(9-12(16)18)24-14-6-5-10(2)7-13(14)19-17(11)21/h5-9H,4H2,1-3H3,(H,19,21). The van der Waals surface area contributed by atoms with E-state index in [2.05, 4.69) is 5.32 Å². The van der Waals surface area contributed by atoms with Crippen LogP contribution in [0.5, 0.6) is 11.5 Å². The number of hydrogen-bond acceptors (Lipinski definition) is 4. The molecule has 132 valence electrons. The van der Waals surface area contributed by atoms with Gasteiger partial charge in [-0.15, -0.1) is 0 Å². The Hall–Kier alpha value is -2.09. The second kappa shape index (κ2) is 6.33. The van der Waals surface area contributed by atoms with Crippen LogP contribution < -0.4 is 10.1 Å². The van der Waals surface area contributed by atoms with Gasteiger partial charge in [-0.2, -0.15) is 0 Å². The molecule has 25 heavy (non-hydrogen) atoms. The smallest absolute Gasteiger partial charge is 0.259 e. The Labute approximate surface area is 151 Å². The van der Waals surface area contributed by atoms with E-state index in [1.807, 2.05) is 13.0 Å². The molecule has 6 nitrogen and oxygen atoms in total. The minimum atomic E-state index is -3.80. The lowest BCUT2D eigenvalue weighted by Crippen LogP contribution is -2.27. The van der Waals surface area contributed by atoms with Gasteiger partial charge in [-0.25, -0.2) is 12.7 Å². The third kappa shape index (κ3) is 3.10. The number of carbonyl (C=O) groups is 1. The molecule has 1 N–H and O–H groups in total. The van der Waals surface area contributed by atoms with E-state index >= 15 is 0 Å². The third-order valence-electron chi connectivity index (χ3n) is 4.02. The van der Waals surface area contributed by atoms with E-state index in [4.69, 9.17) is 16.3 Å². The normalized spacial score (nSPS) is 13.6. The van der Waals surface area contributed by atoms with E-state index in [0.29, 0.717) is 11.4 Å². The molecule has 1 amide bonds. The molecule has 0 aliphatic carbocycles. The molecule has 0 fully saturated rings. The van der Waals surface area contributed by atoms with E-state index in [9.17, 15) is 13.2 Å². The topological polar surface area (TPSA) is 75.7 Å². The lowest BCUT2D eigenvalue weighted by Gasteiger charge is -2.17. The maximum atomic E-state index is 12.6. The van der Waals surface area contributed by atoms with Crippen molar-refractivity contribution in [3.63, 3.8) is 0 Å². The van der Waals surface area contributed by atoms with Crippen LogP contribution >= 0.6 is 11.6 Å². The summed E-state index contributed by atoms with van der Waals surface area (Å²) in [6.07, 6.45) is 0. The number of halogens is 1. The summed E-state index contributed by atoms with van der Waals surface area (Å²) in [5.41, 5.74) is 1.59. The first-order chi connectivity index (χ1) is 11.7. The van der Waals surface area contributed by atoms with Crippen molar-refractivity contribution in [1.29, 1.82) is 0 Å². The van der Waals surface area contributed by atoms with Crippen molar-refractivity contribution in [1.82, 2.24) is 4.31 Å². The molecule has 0 radical (unpaired) electrons. The van der Waals surface area contributed by atoms with Crippen molar-refractivity contribution in [2.75, 3.05) is 18.9 Å². The number of carbonyl (C=O) groups excluding carboxylic acids is 1. The third-order valence-corrected chi connectivity index (χ3v) is 6.41. The maximum absolute atomic E-state index is 12.6. The molecule has 1 aliphatic heterocycles. The number of anilines is 1. The number of amides is 1. The van der Waals surface area contributed by atoms with Crippen LogP contribution in [0.25, 0.3) is 0 Å². The van der Waals surface area contributed by atoms with Gasteiger partial charge in [0, 0.05) is 19.7 Å². The fourth-order valence-electron chi connectivity index (χ4n) is 2.47. The van der Waals surface area contributed by atoms with E-state index in [0.717, 1.165) is 9.87 Å². The van der Waals surface area contributed by atoms with E-state index in [1.54, 1.807) is 19.1 Å². The number of aryl methyl sites for hydroxylation is 1. The summed E-state index contributed by atoms with van der Waals surface area (Å²) in [5, 5.41) is 2.75. The van der Waals surface area contributed by atoms with Gasteiger partial charge in [-0.05, 0) is 30.7 Å². The number of sulfonamides is 1. The first-order valence-corrected chi connectivity index (χ1v) is 9.45. The number of hydrogen-bond donors (Lipinski definition) is 1. The fraction of sp³-hybridized carbons (Fsp3) is 0.235. The molecule has 0 saturated heterocycles. The van der Waals surface area contributed by atoms with Crippen LogP contribution in [0, 0.1) is 6.92 Å². The highest BCUT2D eigenvalue weighted by Gasteiger charge is 2.28. The Morgan fingerprint density at radius 1 is 1.20 bits per heavy atom. The minimum absolute atomic E-state index is 0.00223. The fourth-order valence-corrected chi connectivity index (χ4v) is 4.17. The molecule has 8 heteroatoms. The number of rotatable bonds is 3. The van der Waals surface area contributed by atoms with Crippen molar-refractivity contribution in [3.8, 4) is 11.5 Å². The summed E-state index contributed by atoms with van der Waals surface area (Å²) in [5.74, 6) is 0.227. The van der Waals surface area contributed by atoms with E-state index in [1.165, 1.54) is 19.2 Å². The summed E-state index contributed by atoms with van der Waals surface area (Å²) in [7, 11) is -2.35. The highest BCUT2D eigenvalue weighted by molar-refractivity contribution is 7.89. The van der Waals surface area contributed by atoms with Crippen LogP contribution in [0.2, 0.25) is 5.02 Å². The molecular formula is C17H17ClN2O4S. The molecule has 0 saturated carbocycles. The SMILES string of the molecule is CCN(C)S(=O)(=O)c1cc2c(cc1Cl)Oc1ccc(C)cc1NC2=O. The minimum Gasteiger partial charge on any atom is -0.454 e. The van der Waals surface area contributed by atoms with Gasteiger partial charge >= 0.3 is 0 Å². The van der Waals surface area contributed by atoms with Gasteiger partial charge in [0.15, 0.2) is 5.75 Å². The van der Waals surface area contributed by atoms with Crippen LogP contribution in [-0.4, -0.2) is 32.2 Å². The summed E-state index contributed by atoms with van der Waals surface area (Å²) < 4.78 is 32.1. The van der Waals surface area contributed by atoms with E-state index in [-0.39, 0.29) is 27.8 Å². The molecule has 0 atom stereocenters. The predicted octanol–water partition coefficient (Wildman–Crippen LogP) is 3.65. The molecule has 0 bridgehead atoms. The van der Waals surface area contributed by atoms with Crippen molar-refractivity contribution < 1.29 is 17.9 Å². The predicted molar refractivity (Wildman–Crippen MR) is 96.1 cm³/mol. The zero-order valence-corrected chi connectivity index (χ0v) is 15.5. The molecule has 1 aliphatic rings. The molecule has 0 unspecified atom stereocenters. The van der Waals surface area contributed by atoms with Gasteiger partial charge in [-0.1, -0.05) is 24.6 Å². The maximum Gasteiger partial charge on any atom is 0.259 e. The Kier molecular flexibility index (Phi) is 4.49. The molecule has 0 aromatic heterocycles. The summed E-state index contributed by atoms with van der Waals surface area (Å²) in [4.78, 5) is 12.4. The van der Waals surface area contributed by atoms with Crippen molar-refractivity contribution in [3.05, 3.63) is 46.5 Å². The Bertz CT molecular complexity index is 973. The highest BCUT2D eigenvalue weighted by Crippen LogP contribution is 2.39. The van der Waals surface area contributed by atoms with Crippen molar-refractivity contribution >= 4 is 33.2 Å². The van der Waals surface area contributed by atoms with Gasteiger partial charge in [0.1, 0.15) is 10.6 Å². The van der Waals surface area contributed by atoms with Crippen LogP contribution in [-0.2, 0) is 10.0 Å². The van der Waals surface area contributed by atoms with Gasteiger partial charge in [0.2, 0.25) is 10.0 Å². The Morgan fingerprint density at radius 3 is 2.60 bits per heavy atom. The molecule has 2 aromatic carbocycles. The Morgan fingerprint density at radius 2 is 1.92 bits per heavy atom. The lowest BCUT2D eigenvalue weighted by molar-refractivity contribution is 0.102. The number of ether oxygens (including phenoxy) is 1. The van der Waals surface area contributed by atoms with Gasteiger partial charge in [0.25, 0.3) is 5.91 Å². The molecule has 3 rings (SSSR count). The monoisotopic (exact) mass is 380 g/mol. The molecule has 0 spiro atoms. The van der Waals surface area contributed by atoms with Crippen LogP contribution in [0.3, 0.4) is 0 Å². The van der Waals surface area contributed by atoms with Crippen LogP contribution in [0.4, 0.5) is 5.69 Å². The molecule has 2 aromatic rings. The lowest BCUT2D eigenvalue weighted by atomic mass is 10.2. The summed E-state index contributed by atoms with van der Waals surface area (Å²) in [6, 6.07) is 7.99. The van der Waals surface area contributed by atoms with Gasteiger partial charge in [0.05, 0.1) is 16.3 Å². The van der Waals surface area contributed by atoms with Crippen molar-refractivity contribution in [2.24, 2.45) is 0 Å². The second-order valence-electron chi connectivity index (χ2n) is 5.75. The van der Waals surface area contributed by atoms with Gasteiger partial charge < -0.3 is 10.1 Å². The number of fused-ring (bicyclic) bond motifs is 2. The first-order valence-electron chi connectivity index (χ1n) is 7.63. The zero-order chi connectivity index (χ0) is 18.4. The van der Waals surface area contributed by atoms with Crippen LogP contribution in [0.15, 0.2) is 35.2 Å². The average Bonchev–Trinajstić information content (AvgIpc) is 2.68. The zero-order valence-electron chi connectivity index (χ0n) is 14.0. The number of nitrogens with one attached hydrogen (secondary N) is 1. The number of nitrogens with zero attached hydrogens (tertiary/aromatic N) is 1. The Balaban J connectivity index is 2.15. The number of benzene rings is 2. The molecule has 1 heterocycles. The second-order valence-corrected chi connectivity index (χ2v) is 8.17. The largest absolute Gasteiger partial charge is 0.454 e. The van der Waals surface area contributed by atoms with E-state index < -0.39 is 15.9 Å².